The monoisotopic (exact) mass is 439 g/mol. The highest BCUT2D eigenvalue weighted by Crippen LogP contribution is 2.32. The van der Waals surface area contributed by atoms with E-state index in [2.05, 4.69) is 10.3 Å². The number of imidazole rings is 1. The molecule has 0 atom stereocenters. The fourth-order valence-corrected chi connectivity index (χ4v) is 5.12. The summed E-state index contributed by atoms with van der Waals surface area (Å²) in [7, 11) is 0. The molecule has 4 rings (SSSR count). The molecule has 30 heavy (non-hydrogen) atoms. The van der Waals surface area contributed by atoms with E-state index in [1.807, 2.05) is 54.8 Å². The Hall–Kier alpha value is -2.97. The number of nitrogens with zero attached hydrogens (tertiary/aromatic N) is 2. The summed E-state index contributed by atoms with van der Waals surface area (Å²) in [4.78, 5) is 32.3. The van der Waals surface area contributed by atoms with E-state index in [0.29, 0.717) is 15.4 Å². The number of hydrogen-bond donors (Lipinski definition) is 1. The van der Waals surface area contributed by atoms with Crippen molar-refractivity contribution in [2.75, 3.05) is 11.9 Å². The average Bonchev–Trinajstić information content (AvgIpc) is 3.43. The van der Waals surface area contributed by atoms with E-state index in [9.17, 15) is 9.59 Å². The second-order valence-corrected chi connectivity index (χ2v) is 8.76. The molecule has 1 N–H and O–H groups in total. The van der Waals surface area contributed by atoms with E-state index < -0.39 is 5.97 Å². The lowest BCUT2D eigenvalue weighted by atomic mass is 10.2. The standard InChI is InChI=1S/C22H21N3O3S2/c1-4-15-11-16(21(27)28-5-2)20(29-15)24-19(26)18-13(3)25-12-17(23-22(25)30-18)14-9-7-6-8-10-14/h6-12H,4-5H2,1-3H3,(H,24,26). The number of thiazole rings is 1. The third-order valence-electron chi connectivity index (χ3n) is 4.69. The van der Waals surface area contributed by atoms with Gasteiger partial charge < -0.3 is 10.1 Å². The molecule has 0 radical (unpaired) electrons. The molecule has 0 aliphatic heterocycles. The number of carbonyl (C=O) groups is 2. The van der Waals surface area contributed by atoms with Gasteiger partial charge in [-0.25, -0.2) is 9.78 Å². The zero-order valence-electron chi connectivity index (χ0n) is 16.9. The fraction of sp³-hybridized carbons (Fsp3) is 0.227. The Labute approximate surface area is 182 Å². The van der Waals surface area contributed by atoms with E-state index in [0.717, 1.165) is 33.2 Å². The first-order chi connectivity index (χ1) is 14.5. The van der Waals surface area contributed by atoms with Crippen molar-refractivity contribution >= 4 is 44.5 Å². The maximum Gasteiger partial charge on any atom is 0.341 e. The van der Waals surface area contributed by atoms with Crippen molar-refractivity contribution in [1.29, 1.82) is 0 Å². The minimum Gasteiger partial charge on any atom is -0.462 e. The van der Waals surface area contributed by atoms with E-state index in [1.54, 1.807) is 13.0 Å². The smallest absolute Gasteiger partial charge is 0.341 e. The number of benzene rings is 1. The van der Waals surface area contributed by atoms with E-state index >= 15 is 0 Å². The molecule has 154 valence electrons. The van der Waals surface area contributed by atoms with Crippen molar-refractivity contribution in [3.8, 4) is 11.3 Å². The van der Waals surface area contributed by atoms with E-state index in [1.165, 1.54) is 22.7 Å². The van der Waals surface area contributed by atoms with Gasteiger partial charge in [0.05, 0.1) is 17.9 Å². The number of hydrogen-bond acceptors (Lipinski definition) is 6. The summed E-state index contributed by atoms with van der Waals surface area (Å²) >= 11 is 2.73. The summed E-state index contributed by atoms with van der Waals surface area (Å²) in [6.45, 7) is 5.95. The number of ether oxygens (including phenoxy) is 1. The van der Waals surface area contributed by atoms with Crippen LogP contribution >= 0.6 is 22.7 Å². The number of fused-ring (bicyclic) bond motifs is 1. The molecule has 0 fully saturated rings. The summed E-state index contributed by atoms with van der Waals surface area (Å²) in [6.07, 6.45) is 2.72. The van der Waals surface area contributed by atoms with Crippen molar-refractivity contribution in [2.24, 2.45) is 0 Å². The highest BCUT2D eigenvalue weighted by molar-refractivity contribution is 7.19. The molecule has 3 aromatic heterocycles. The van der Waals surface area contributed by atoms with Crippen LogP contribution in [-0.2, 0) is 11.2 Å². The van der Waals surface area contributed by atoms with Gasteiger partial charge in [0.25, 0.3) is 5.91 Å². The SMILES string of the molecule is CCOC(=O)c1cc(CC)sc1NC(=O)c1sc2nc(-c3ccccc3)cn2c1C. The lowest BCUT2D eigenvalue weighted by Gasteiger charge is -2.05. The third kappa shape index (κ3) is 3.76. The molecule has 3 heterocycles. The van der Waals surface area contributed by atoms with Crippen LogP contribution < -0.4 is 5.32 Å². The van der Waals surface area contributed by atoms with Gasteiger partial charge in [0.1, 0.15) is 9.88 Å². The van der Waals surface area contributed by atoms with Gasteiger partial charge in [-0.2, -0.15) is 0 Å². The molecular weight excluding hydrogens is 418 g/mol. The van der Waals surface area contributed by atoms with Gasteiger partial charge >= 0.3 is 5.97 Å². The molecule has 1 amide bonds. The summed E-state index contributed by atoms with van der Waals surface area (Å²) in [6, 6.07) is 11.7. The Morgan fingerprint density at radius 1 is 1.17 bits per heavy atom. The van der Waals surface area contributed by atoms with Crippen LogP contribution in [0.4, 0.5) is 5.00 Å². The molecule has 0 unspecified atom stereocenters. The van der Waals surface area contributed by atoms with Crippen molar-refractivity contribution in [2.45, 2.75) is 27.2 Å². The Balaban J connectivity index is 1.63. The highest BCUT2D eigenvalue weighted by Gasteiger charge is 2.22. The number of thiophene rings is 1. The van der Waals surface area contributed by atoms with Crippen LogP contribution in [0.15, 0.2) is 42.6 Å². The van der Waals surface area contributed by atoms with Crippen LogP contribution in [-0.4, -0.2) is 27.9 Å². The van der Waals surface area contributed by atoms with Crippen LogP contribution in [0.2, 0.25) is 0 Å². The molecular formula is C22H21N3O3S2. The normalized spacial score (nSPS) is 11.0. The third-order valence-corrected chi connectivity index (χ3v) is 7.04. The predicted octanol–water partition coefficient (Wildman–Crippen LogP) is 5.42. The molecule has 6 nitrogen and oxygen atoms in total. The number of esters is 1. The molecule has 0 aliphatic rings. The molecule has 1 aromatic carbocycles. The van der Waals surface area contributed by atoms with Gasteiger partial charge in [-0.05, 0) is 26.3 Å². The van der Waals surface area contributed by atoms with E-state index in [-0.39, 0.29) is 12.5 Å². The first-order valence-corrected chi connectivity index (χ1v) is 11.3. The van der Waals surface area contributed by atoms with Crippen molar-refractivity contribution in [1.82, 2.24) is 9.38 Å². The number of aromatic nitrogens is 2. The van der Waals surface area contributed by atoms with Crippen LogP contribution in [0.5, 0.6) is 0 Å². The van der Waals surface area contributed by atoms with Gasteiger partial charge in [0.15, 0.2) is 4.96 Å². The van der Waals surface area contributed by atoms with Crippen LogP contribution in [0.25, 0.3) is 16.2 Å². The predicted molar refractivity (Wildman–Crippen MR) is 121 cm³/mol. The molecule has 0 spiro atoms. The summed E-state index contributed by atoms with van der Waals surface area (Å²) < 4.78 is 7.06. The fourth-order valence-electron chi connectivity index (χ4n) is 3.14. The van der Waals surface area contributed by atoms with Gasteiger partial charge in [0.2, 0.25) is 0 Å². The minimum absolute atomic E-state index is 0.251. The second kappa shape index (κ2) is 8.41. The lowest BCUT2D eigenvalue weighted by molar-refractivity contribution is 0.0528. The minimum atomic E-state index is -0.422. The molecule has 0 saturated carbocycles. The quantitative estimate of drug-likeness (QED) is 0.407. The van der Waals surface area contributed by atoms with Gasteiger partial charge in [-0.3, -0.25) is 9.20 Å². The van der Waals surface area contributed by atoms with Gasteiger partial charge in [-0.15, -0.1) is 11.3 Å². The Bertz CT molecular complexity index is 1220. The molecule has 8 heteroatoms. The zero-order valence-corrected chi connectivity index (χ0v) is 18.5. The number of nitrogens with one attached hydrogen (secondary N) is 1. The van der Waals surface area contributed by atoms with Crippen molar-refractivity contribution in [3.63, 3.8) is 0 Å². The largest absolute Gasteiger partial charge is 0.462 e. The summed E-state index contributed by atoms with van der Waals surface area (Å²) in [5.41, 5.74) is 3.11. The number of carbonyl (C=O) groups excluding carboxylic acids is 2. The Morgan fingerprint density at radius 3 is 2.60 bits per heavy atom. The zero-order chi connectivity index (χ0) is 21.3. The summed E-state index contributed by atoms with van der Waals surface area (Å²) in [5, 5.41) is 3.43. The van der Waals surface area contributed by atoms with Gasteiger partial charge in [-0.1, -0.05) is 48.6 Å². The number of rotatable bonds is 6. The molecule has 4 aromatic rings. The Morgan fingerprint density at radius 2 is 1.93 bits per heavy atom. The first-order valence-electron chi connectivity index (χ1n) is 9.66. The maximum absolute atomic E-state index is 13.0. The number of anilines is 1. The van der Waals surface area contributed by atoms with Crippen molar-refractivity contribution in [3.05, 3.63) is 63.6 Å². The molecule has 0 aliphatic carbocycles. The van der Waals surface area contributed by atoms with Gasteiger partial charge in [0, 0.05) is 22.3 Å². The van der Waals surface area contributed by atoms with Crippen molar-refractivity contribution < 1.29 is 14.3 Å². The topological polar surface area (TPSA) is 72.7 Å². The first kappa shape index (κ1) is 20.3. The average molecular weight is 440 g/mol. The second-order valence-electron chi connectivity index (χ2n) is 6.65. The lowest BCUT2D eigenvalue weighted by Crippen LogP contribution is -2.14. The van der Waals surface area contributed by atoms with Crippen LogP contribution in [0.1, 0.15) is 44.4 Å². The molecule has 0 bridgehead atoms. The maximum atomic E-state index is 13.0. The van der Waals surface area contributed by atoms with E-state index in [4.69, 9.17) is 4.74 Å². The van der Waals surface area contributed by atoms with Crippen LogP contribution in [0, 0.1) is 6.92 Å². The van der Waals surface area contributed by atoms with Crippen LogP contribution in [0.3, 0.4) is 0 Å². The number of amides is 1. The highest BCUT2D eigenvalue weighted by atomic mass is 32.1. The Kier molecular flexibility index (Phi) is 5.69. The number of aryl methyl sites for hydroxylation is 2. The summed E-state index contributed by atoms with van der Waals surface area (Å²) in [5.74, 6) is -0.673. The molecule has 0 saturated heterocycles.